The standard InChI is InChI=1S/C15H16Cl2N2O3/c1-4-22-14(20)12-8(2)19(3)15(21)18-13(12)9-5-6-10(16)11(17)7-9/h5-7,13H,4H2,1-3H3,(H,18,21)/t13-/m0/s1. The van der Waals surface area contributed by atoms with Crippen molar-refractivity contribution in [3.63, 3.8) is 0 Å². The molecule has 1 atom stereocenters. The SMILES string of the molecule is CCOC(=O)C1=C(C)N(C)C(=O)N[C@H]1c1ccc(Cl)c(Cl)c1. The number of benzene rings is 1. The van der Waals surface area contributed by atoms with Gasteiger partial charge >= 0.3 is 12.0 Å². The van der Waals surface area contributed by atoms with E-state index in [0.29, 0.717) is 26.9 Å². The maximum Gasteiger partial charge on any atom is 0.338 e. The van der Waals surface area contributed by atoms with Crippen LogP contribution in [-0.2, 0) is 9.53 Å². The molecule has 1 aliphatic heterocycles. The average molecular weight is 343 g/mol. The molecule has 0 unspecified atom stereocenters. The number of allylic oxidation sites excluding steroid dienone is 1. The van der Waals surface area contributed by atoms with Gasteiger partial charge in [0, 0.05) is 12.7 Å². The molecule has 0 radical (unpaired) electrons. The molecule has 1 N–H and O–H groups in total. The van der Waals surface area contributed by atoms with Crippen LogP contribution in [0.5, 0.6) is 0 Å². The molecule has 1 aromatic rings. The molecule has 5 nitrogen and oxygen atoms in total. The molecule has 0 saturated carbocycles. The van der Waals surface area contributed by atoms with Gasteiger partial charge in [0.1, 0.15) is 0 Å². The summed E-state index contributed by atoms with van der Waals surface area (Å²) in [5.74, 6) is -0.470. The lowest BCUT2D eigenvalue weighted by atomic mass is 9.95. The zero-order valence-electron chi connectivity index (χ0n) is 12.4. The minimum absolute atomic E-state index is 0.251. The van der Waals surface area contributed by atoms with Crippen molar-refractivity contribution in [1.29, 1.82) is 0 Å². The second-order valence-electron chi connectivity index (χ2n) is 4.83. The molecule has 2 rings (SSSR count). The summed E-state index contributed by atoms with van der Waals surface area (Å²) >= 11 is 12.0. The van der Waals surface area contributed by atoms with Crippen molar-refractivity contribution in [2.24, 2.45) is 0 Å². The van der Waals surface area contributed by atoms with Gasteiger partial charge in [-0.05, 0) is 31.5 Å². The first-order valence-corrected chi connectivity index (χ1v) is 7.49. The number of esters is 1. The van der Waals surface area contributed by atoms with Gasteiger partial charge in [-0.3, -0.25) is 0 Å². The fourth-order valence-electron chi connectivity index (χ4n) is 2.25. The van der Waals surface area contributed by atoms with Crippen LogP contribution >= 0.6 is 23.2 Å². The van der Waals surface area contributed by atoms with Gasteiger partial charge in [0.05, 0.1) is 28.3 Å². The van der Waals surface area contributed by atoms with Crippen molar-refractivity contribution in [2.75, 3.05) is 13.7 Å². The Morgan fingerprint density at radius 1 is 1.36 bits per heavy atom. The first kappa shape index (κ1) is 16.6. The van der Waals surface area contributed by atoms with E-state index in [1.807, 2.05) is 0 Å². The average Bonchev–Trinajstić information content (AvgIpc) is 2.47. The number of hydrogen-bond donors (Lipinski definition) is 1. The molecule has 0 saturated heterocycles. The number of halogens is 2. The number of hydrogen-bond acceptors (Lipinski definition) is 3. The number of urea groups is 1. The van der Waals surface area contributed by atoms with E-state index < -0.39 is 12.0 Å². The number of nitrogens with zero attached hydrogens (tertiary/aromatic N) is 1. The lowest BCUT2D eigenvalue weighted by molar-refractivity contribution is -0.139. The summed E-state index contributed by atoms with van der Waals surface area (Å²) in [4.78, 5) is 25.7. The van der Waals surface area contributed by atoms with Crippen LogP contribution in [-0.4, -0.2) is 30.6 Å². The van der Waals surface area contributed by atoms with Gasteiger partial charge in [0.15, 0.2) is 0 Å². The Balaban J connectivity index is 2.53. The Labute approximate surface area is 138 Å². The van der Waals surface area contributed by atoms with Crippen molar-refractivity contribution in [3.05, 3.63) is 45.1 Å². The van der Waals surface area contributed by atoms with Crippen LogP contribution in [0.3, 0.4) is 0 Å². The predicted octanol–water partition coefficient (Wildman–Crippen LogP) is 3.53. The maximum absolute atomic E-state index is 12.3. The summed E-state index contributed by atoms with van der Waals surface area (Å²) in [7, 11) is 1.59. The van der Waals surface area contributed by atoms with Gasteiger partial charge in [0.2, 0.25) is 0 Å². The van der Waals surface area contributed by atoms with Crippen LogP contribution in [0.4, 0.5) is 4.79 Å². The molecular weight excluding hydrogens is 327 g/mol. The molecule has 1 aromatic carbocycles. The lowest BCUT2D eigenvalue weighted by Crippen LogP contribution is -2.46. The van der Waals surface area contributed by atoms with E-state index >= 15 is 0 Å². The second-order valence-corrected chi connectivity index (χ2v) is 5.65. The summed E-state index contributed by atoms with van der Waals surface area (Å²) in [6.07, 6.45) is 0. The Hall–Kier alpha value is -1.72. The molecule has 0 aromatic heterocycles. The second kappa shape index (κ2) is 6.58. The highest BCUT2D eigenvalue weighted by Gasteiger charge is 2.35. The molecule has 2 amide bonds. The van der Waals surface area contributed by atoms with E-state index in [4.69, 9.17) is 27.9 Å². The molecule has 22 heavy (non-hydrogen) atoms. The Morgan fingerprint density at radius 2 is 2.05 bits per heavy atom. The van der Waals surface area contributed by atoms with Crippen LogP contribution in [0.2, 0.25) is 10.0 Å². The first-order chi connectivity index (χ1) is 10.4. The highest BCUT2D eigenvalue weighted by molar-refractivity contribution is 6.42. The third-order valence-corrected chi connectivity index (χ3v) is 4.27. The Morgan fingerprint density at radius 3 is 2.64 bits per heavy atom. The topological polar surface area (TPSA) is 58.6 Å². The first-order valence-electron chi connectivity index (χ1n) is 6.73. The van der Waals surface area contributed by atoms with Crippen molar-refractivity contribution >= 4 is 35.2 Å². The summed E-state index contributed by atoms with van der Waals surface area (Å²) in [5, 5.41) is 3.54. The van der Waals surface area contributed by atoms with Gasteiger partial charge in [-0.25, -0.2) is 9.59 Å². The Bertz CT molecular complexity index is 658. The summed E-state index contributed by atoms with van der Waals surface area (Å²) in [6.45, 7) is 3.68. The highest BCUT2D eigenvalue weighted by atomic mass is 35.5. The molecular formula is C15H16Cl2N2O3. The minimum atomic E-state index is -0.627. The van der Waals surface area contributed by atoms with Crippen molar-refractivity contribution in [3.8, 4) is 0 Å². The van der Waals surface area contributed by atoms with E-state index in [9.17, 15) is 9.59 Å². The van der Waals surface area contributed by atoms with Crippen LogP contribution in [0.15, 0.2) is 29.5 Å². The molecule has 1 aliphatic rings. The van der Waals surface area contributed by atoms with E-state index in [-0.39, 0.29) is 12.6 Å². The fraction of sp³-hybridized carbons (Fsp3) is 0.333. The van der Waals surface area contributed by atoms with E-state index in [2.05, 4.69) is 5.32 Å². The molecule has 0 spiro atoms. The van der Waals surface area contributed by atoms with Crippen LogP contribution in [0.25, 0.3) is 0 Å². The van der Waals surface area contributed by atoms with Crippen LogP contribution in [0.1, 0.15) is 25.5 Å². The largest absolute Gasteiger partial charge is 0.463 e. The number of ether oxygens (including phenoxy) is 1. The third-order valence-electron chi connectivity index (χ3n) is 3.53. The van der Waals surface area contributed by atoms with Crippen molar-refractivity contribution < 1.29 is 14.3 Å². The van der Waals surface area contributed by atoms with Gasteiger partial charge in [-0.1, -0.05) is 29.3 Å². The highest BCUT2D eigenvalue weighted by Crippen LogP contribution is 2.33. The quantitative estimate of drug-likeness (QED) is 0.855. The fourth-order valence-corrected chi connectivity index (χ4v) is 2.56. The third kappa shape index (κ3) is 3.05. The molecule has 0 fully saturated rings. The monoisotopic (exact) mass is 342 g/mol. The van der Waals surface area contributed by atoms with Crippen molar-refractivity contribution in [2.45, 2.75) is 19.9 Å². The maximum atomic E-state index is 12.3. The number of carbonyl (C=O) groups is 2. The van der Waals surface area contributed by atoms with E-state index in [1.54, 1.807) is 39.1 Å². The van der Waals surface area contributed by atoms with E-state index in [1.165, 1.54) is 4.90 Å². The van der Waals surface area contributed by atoms with Gasteiger partial charge < -0.3 is 15.0 Å². The normalized spacial score (nSPS) is 18.3. The van der Waals surface area contributed by atoms with Crippen LogP contribution < -0.4 is 5.32 Å². The molecule has 0 bridgehead atoms. The van der Waals surface area contributed by atoms with Gasteiger partial charge in [-0.15, -0.1) is 0 Å². The number of amides is 2. The number of nitrogens with one attached hydrogen (secondary N) is 1. The van der Waals surface area contributed by atoms with E-state index in [0.717, 1.165) is 0 Å². The zero-order valence-corrected chi connectivity index (χ0v) is 14.0. The lowest BCUT2D eigenvalue weighted by Gasteiger charge is -2.33. The molecule has 7 heteroatoms. The van der Waals surface area contributed by atoms with Gasteiger partial charge in [-0.2, -0.15) is 0 Å². The summed E-state index contributed by atoms with van der Waals surface area (Å²) in [5.41, 5.74) is 1.58. The molecule has 118 valence electrons. The minimum Gasteiger partial charge on any atom is -0.463 e. The number of carbonyl (C=O) groups excluding carboxylic acids is 2. The summed E-state index contributed by atoms with van der Waals surface area (Å²) in [6, 6.07) is 4.05. The molecule has 0 aliphatic carbocycles. The molecule has 1 heterocycles. The van der Waals surface area contributed by atoms with Crippen LogP contribution in [0, 0.1) is 0 Å². The summed E-state index contributed by atoms with van der Waals surface area (Å²) < 4.78 is 5.11. The van der Waals surface area contributed by atoms with Gasteiger partial charge in [0.25, 0.3) is 0 Å². The Kier molecular flexibility index (Phi) is 4.98. The van der Waals surface area contributed by atoms with Crippen molar-refractivity contribution in [1.82, 2.24) is 10.2 Å². The number of rotatable bonds is 3. The zero-order chi connectivity index (χ0) is 16.4. The smallest absolute Gasteiger partial charge is 0.338 e. The predicted molar refractivity (Wildman–Crippen MR) is 84.8 cm³/mol.